The Hall–Kier alpha value is -1.10. The molecule has 21 heavy (non-hydrogen) atoms. The number of aryl methyl sites for hydroxylation is 1. The Bertz CT molecular complexity index is 636. The number of rotatable bonds is 4. The van der Waals surface area contributed by atoms with Gasteiger partial charge in [-0.3, -0.25) is 0 Å². The van der Waals surface area contributed by atoms with Gasteiger partial charge in [0.2, 0.25) is 0 Å². The van der Waals surface area contributed by atoms with Crippen molar-refractivity contribution in [2.75, 3.05) is 5.32 Å². The van der Waals surface area contributed by atoms with Gasteiger partial charge in [-0.2, -0.15) is 0 Å². The van der Waals surface area contributed by atoms with Crippen molar-refractivity contribution < 1.29 is 0 Å². The molecule has 1 fully saturated rings. The Morgan fingerprint density at radius 3 is 2.86 bits per heavy atom. The molecule has 1 aromatic heterocycles. The number of thiocarbonyl (C=S) groups is 1. The summed E-state index contributed by atoms with van der Waals surface area (Å²) in [4.78, 5) is 3.61. The van der Waals surface area contributed by atoms with Crippen LogP contribution in [0.4, 0.5) is 5.69 Å². The van der Waals surface area contributed by atoms with Crippen LogP contribution in [0.1, 0.15) is 23.3 Å². The van der Waals surface area contributed by atoms with E-state index in [0.29, 0.717) is 6.04 Å². The van der Waals surface area contributed by atoms with Crippen molar-refractivity contribution in [1.82, 2.24) is 4.90 Å². The zero-order chi connectivity index (χ0) is 14.8. The summed E-state index contributed by atoms with van der Waals surface area (Å²) in [5.74, 6) is 0. The fraction of sp³-hybridized carbons (Fsp3) is 0.312. The van der Waals surface area contributed by atoms with Crippen LogP contribution in [0.2, 0.25) is 5.02 Å². The van der Waals surface area contributed by atoms with Crippen LogP contribution in [0, 0.1) is 6.92 Å². The van der Waals surface area contributed by atoms with Crippen LogP contribution in [-0.2, 0) is 6.54 Å². The van der Waals surface area contributed by atoms with Gasteiger partial charge in [0, 0.05) is 10.9 Å². The highest BCUT2D eigenvalue weighted by atomic mass is 35.5. The van der Waals surface area contributed by atoms with E-state index in [4.69, 9.17) is 23.8 Å². The van der Waals surface area contributed by atoms with Gasteiger partial charge in [-0.25, -0.2) is 0 Å². The van der Waals surface area contributed by atoms with Gasteiger partial charge in [0.05, 0.1) is 17.3 Å². The van der Waals surface area contributed by atoms with Crippen LogP contribution in [0.15, 0.2) is 35.7 Å². The van der Waals surface area contributed by atoms with Gasteiger partial charge in [-0.05, 0) is 55.1 Å². The van der Waals surface area contributed by atoms with Crippen molar-refractivity contribution in [1.29, 1.82) is 0 Å². The third-order valence-corrected chi connectivity index (χ3v) is 5.29. The molecule has 0 atom stereocenters. The second-order valence-electron chi connectivity index (χ2n) is 5.31. The van der Waals surface area contributed by atoms with E-state index < -0.39 is 0 Å². The molecule has 1 aliphatic rings. The van der Waals surface area contributed by atoms with Crippen LogP contribution in [0.5, 0.6) is 0 Å². The minimum atomic E-state index is 0.565. The van der Waals surface area contributed by atoms with Gasteiger partial charge < -0.3 is 10.2 Å². The molecule has 1 N–H and O–H groups in total. The molecule has 5 heteroatoms. The number of benzene rings is 1. The topological polar surface area (TPSA) is 15.3 Å². The van der Waals surface area contributed by atoms with Crippen LogP contribution < -0.4 is 5.32 Å². The number of nitrogens with one attached hydrogen (secondary N) is 1. The minimum Gasteiger partial charge on any atom is -0.341 e. The average Bonchev–Trinajstić information content (AvgIpc) is 3.17. The largest absolute Gasteiger partial charge is 0.341 e. The number of nitrogens with zero attached hydrogens (tertiary/aromatic N) is 1. The normalized spacial score (nSPS) is 14.0. The highest BCUT2D eigenvalue weighted by Crippen LogP contribution is 2.31. The number of anilines is 1. The first-order valence-electron chi connectivity index (χ1n) is 7.00. The zero-order valence-electron chi connectivity index (χ0n) is 11.8. The molecular weight excluding hydrogens is 320 g/mol. The Kier molecular flexibility index (Phi) is 4.48. The maximum Gasteiger partial charge on any atom is 0.174 e. The maximum absolute atomic E-state index is 6.34. The van der Waals surface area contributed by atoms with Crippen LogP contribution >= 0.6 is 35.2 Å². The molecule has 1 aliphatic carbocycles. The molecule has 1 aromatic carbocycles. The van der Waals surface area contributed by atoms with Crippen LogP contribution in [0.3, 0.4) is 0 Å². The van der Waals surface area contributed by atoms with Crippen molar-refractivity contribution in [3.8, 4) is 0 Å². The van der Waals surface area contributed by atoms with E-state index in [2.05, 4.69) is 27.7 Å². The first-order valence-corrected chi connectivity index (χ1v) is 8.67. The highest BCUT2D eigenvalue weighted by Gasteiger charge is 2.31. The van der Waals surface area contributed by atoms with Gasteiger partial charge in [-0.15, -0.1) is 11.3 Å². The smallest absolute Gasteiger partial charge is 0.174 e. The molecule has 2 nitrogen and oxygen atoms in total. The third kappa shape index (κ3) is 3.57. The molecule has 0 saturated heterocycles. The zero-order valence-corrected chi connectivity index (χ0v) is 14.2. The van der Waals surface area contributed by atoms with Gasteiger partial charge in [0.25, 0.3) is 0 Å². The molecule has 0 radical (unpaired) electrons. The molecule has 0 unspecified atom stereocenters. The molecular formula is C16H17ClN2S2. The summed E-state index contributed by atoms with van der Waals surface area (Å²) in [5.41, 5.74) is 1.94. The standard InChI is InChI=1S/C16H17ClN2S2/c1-11-4-2-6-14(15(11)17)18-16(20)19(12-7-8-12)10-13-5-3-9-21-13/h2-6,9,12H,7-8,10H2,1H3,(H,18,20). The Morgan fingerprint density at radius 1 is 1.38 bits per heavy atom. The van der Waals surface area contributed by atoms with Crippen molar-refractivity contribution in [2.45, 2.75) is 32.4 Å². The lowest BCUT2D eigenvalue weighted by atomic mass is 10.2. The number of hydrogen-bond donors (Lipinski definition) is 1. The monoisotopic (exact) mass is 336 g/mol. The molecule has 1 heterocycles. The van der Waals surface area contributed by atoms with Gasteiger partial charge in [0.1, 0.15) is 0 Å². The van der Waals surface area contributed by atoms with E-state index >= 15 is 0 Å². The summed E-state index contributed by atoms with van der Waals surface area (Å²) in [5, 5.41) is 6.93. The lowest BCUT2D eigenvalue weighted by Crippen LogP contribution is -2.35. The van der Waals surface area contributed by atoms with E-state index in [9.17, 15) is 0 Å². The summed E-state index contributed by atoms with van der Waals surface area (Å²) >= 11 is 13.7. The third-order valence-electron chi connectivity index (χ3n) is 3.59. The lowest BCUT2D eigenvalue weighted by molar-refractivity contribution is 0.413. The summed E-state index contributed by atoms with van der Waals surface area (Å²) in [6.07, 6.45) is 2.43. The number of thiophene rings is 1. The molecule has 110 valence electrons. The summed E-state index contributed by atoms with van der Waals surface area (Å²) in [6, 6.07) is 10.8. The van der Waals surface area contributed by atoms with Crippen LogP contribution in [0.25, 0.3) is 0 Å². The van der Waals surface area contributed by atoms with E-state index in [1.807, 2.05) is 25.1 Å². The summed E-state index contributed by atoms with van der Waals surface area (Å²) in [7, 11) is 0. The summed E-state index contributed by atoms with van der Waals surface area (Å²) < 4.78 is 0. The molecule has 0 aliphatic heterocycles. The predicted molar refractivity (Wildman–Crippen MR) is 95.3 cm³/mol. The summed E-state index contributed by atoms with van der Waals surface area (Å²) in [6.45, 7) is 2.87. The fourth-order valence-electron chi connectivity index (χ4n) is 2.25. The van der Waals surface area contributed by atoms with Gasteiger partial charge >= 0.3 is 0 Å². The van der Waals surface area contributed by atoms with Crippen molar-refractivity contribution >= 4 is 46.0 Å². The average molecular weight is 337 g/mol. The minimum absolute atomic E-state index is 0.565. The van der Waals surface area contributed by atoms with Crippen molar-refractivity contribution in [2.24, 2.45) is 0 Å². The Morgan fingerprint density at radius 2 is 2.19 bits per heavy atom. The maximum atomic E-state index is 6.34. The first kappa shape index (κ1) is 14.8. The lowest BCUT2D eigenvalue weighted by Gasteiger charge is -2.25. The van der Waals surface area contributed by atoms with E-state index in [0.717, 1.165) is 27.9 Å². The first-order chi connectivity index (χ1) is 10.1. The molecule has 0 spiro atoms. The Balaban J connectivity index is 1.74. The SMILES string of the molecule is Cc1cccc(NC(=S)N(Cc2cccs2)C2CC2)c1Cl. The Labute approximate surface area is 139 Å². The molecule has 3 rings (SSSR count). The second kappa shape index (κ2) is 6.34. The molecule has 1 saturated carbocycles. The van der Waals surface area contributed by atoms with Crippen LogP contribution in [-0.4, -0.2) is 16.1 Å². The predicted octanol–water partition coefficient (Wildman–Crippen LogP) is 5.07. The number of halogens is 1. The molecule has 0 amide bonds. The highest BCUT2D eigenvalue weighted by molar-refractivity contribution is 7.80. The fourth-order valence-corrected chi connectivity index (χ4v) is 3.45. The molecule has 2 aromatic rings. The second-order valence-corrected chi connectivity index (χ2v) is 7.10. The quantitative estimate of drug-likeness (QED) is 0.784. The van der Waals surface area contributed by atoms with E-state index in [-0.39, 0.29) is 0 Å². The molecule has 0 bridgehead atoms. The van der Waals surface area contributed by atoms with Gasteiger partial charge in [0.15, 0.2) is 5.11 Å². The van der Waals surface area contributed by atoms with Gasteiger partial charge in [-0.1, -0.05) is 29.8 Å². The van der Waals surface area contributed by atoms with Crippen molar-refractivity contribution in [3.05, 3.63) is 51.2 Å². The number of hydrogen-bond acceptors (Lipinski definition) is 2. The van der Waals surface area contributed by atoms with Crippen molar-refractivity contribution in [3.63, 3.8) is 0 Å². The van der Waals surface area contributed by atoms with E-state index in [1.165, 1.54) is 17.7 Å². The van der Waals surface area contributed by atoms with E-state index in [1.54, 1.807) is 11.3 Å².